The summed E-state index contributed by atoms with van der Waals surface area (Å²) < 4.78 is 1.16. The van der Waals surface area contributed by atoms with Gasteiger partial charge in [0.25, 0.3) is 0 Å². The standard InChI is InChI=1S/C15H25BrN2/c1-6-18(7-2)10-11-8-13(16)12(9-14(11)17)15(3,4)5/h8-9H,6-7,10,17H2,1-5H3. The van der Waals surface area contributed by atoms with Gasteiger partial charge in [-0.1, -0.05) is 50.5 Å². The van der Waals surface area contributed by atoms with Crippen LogP contribution in [-0.4, -0.2) is 18.0 Å². The number of nitrogen functional groups attached to an aromatic ring is 1. The molecule has 2 N–H and O–H groups in total. The molecule has 0 heterocycles. The molecule has 0 unspecified atom stereocenters. The quantitative estimate of drug-likeness (QED) is 0.845. The van der Waals surface area contributed by atoms with Gasteiger partial charge >= 0.3 is 0 Å². The van der Waals surface area contributed by atoms with E-state index in [0.29, 0.717) is 0 Å². The highest BCUT2D eigenvalue weighted by atomic mass is 79.9. The summed E-state index contributed by atoms with van der Waals surface area (Å²) >= 11 is 3.68. The zero-order chi connectivity index (χ0) is 13.9. The zero-order valence-corrected chi connectivity index (χ0v) is 13.8. The average Bonchev–Trinajstić information content (AvgIpc) is 2.28. The van der Waals surface area contributed by atoms with Crippen molar-refractivity contribution >= 4 is 21.6 Å². The van der Waals surface area contributed by atoms with Gasteiger partial charge < -0.3 is 5.73 Å². The molecule has 1 aromatic rings. The molecule has 1 aromatic carbocycles. The first-order valence-corrected chi connectivity index (χ1v) is 7.39. The normalized spacial score (nSPS) is 12.2. The third-order valence-electron chi connectivity index (χ3n) is 3.33. The molecule has 0 fully saturated rings. The number of anilines is 1. The van der Waals surface area contributed by atoms with Crippen molar-refractivity contribution in [2.45, 2.75) is 46.6 Å². The summed E-state index contributed by atoms with van der Waals surface area (Å²) in [6, 6.07) is 4.29. The molecule has 0 amide bonds. The molecular formula is C15H25BrN2. The molecule has 0 aliphatic heterocycles. The topological polar surface area (TPSA) is 29.3 Å². The lowest BCUT2D eigenvalue weighted by Crippen LogP contribution is -2.23. The maximum atomic E-state index is 6.20. The molecule has 102 valence electrons. The van der Waals surface area contributed by atoms with Crippen LogP contribution in [0.5, 0.6) is 0 Å². The van der Waals surface area contributed by atoms with Gasteiger partial charge in [0.15, 0.2) is 0 Å². The van der Waals surface area contributed by atoms with Crippen LogP contribution >= 0.6 is 15.9 Å². The Bertz CT molecular complexity index is 404. The maximum absolute atomic E-state index is 6.20. The molecular weight excluding hydrogens is 288 g/mol. The van der Waals surface area contributed by atoms with Crippen molar-refractivity contribution in [2.75, 3.05) is 18.8 Å². The van der Waals surface area contributed by atoms with Crippen LogP contribution in [0.4, 0.5) is 5.69 Å². The number of nitrogens with two attached hydrogens (primary N) is 1. The zero-order valence-electron chi connectivity index (χ0n) is 12.2. The second-order valence-corrected chi connectivity index (χ2v) is 6.60. The molecule has 0 atom stereocenters. The highest BCUT2D eigenvalue weighted by Crippen LogP contribution is 2.33. The summed E-state index contributed by atoms with van der Waals surface area (Å²) in [5.41, 5.74) is 9.68. The second kappa shape index (κ2) is 6.07. The van der Waals surface area contributed by atoms with Crippen LogP contribution in [-0.2, 0) is 12.0 Å². The number of hydrogen-bond donors (Lipinski definition) is 1. The molecule has 0 aliphatic rings. The molecule has 0 saturated heterocycles. The molecule has 0 radical (unpaired) electrons. The van der Waals surface area contributed by atoms with Crippen LogP contribution in [0.1, 0.15) is 45.7 Å². The molecule has 2 nitrogen and oxygen atoms in total. The van der Waals surface area contributed by atoms with E-state index in [1.165, 1.54) is 11.1 Å². The van der Waals surface area contributed by atoms with Crippen molar-refractivity contribution in [2.24, 2.45) is 0 Å². The average molecular weight is 313 g/mol. The van der Waals surface area contributed by atoms with E-state index in [9.17, 15) is 0 Å². The molecule has 0 saturated carbocycles. The van der Waals surface area contributed by atoms with Gasteiger partial charge in [-0.3, -0.25) is 4.90 Å². The highest BCUT2D eigenvalue weighted by Gasteiger charge is 2.19. The van der Waals surface area contributed by atoms with Crippen molar-refractivity contribution in [3.8, 4) is 0 Å². The molecule has 0 aromatic heterocycles. The minimum atomic E-state index is 0.112. The molecule has 1 rings (SSSR count). The summed E-state index contributed by atoms with van der Waals surface area (Å²) in [4.78, 5) is 2.37. The number of nitrogens with zero attached hydrogens (tertiary/aromatic N) is 1. The summed E-state index contributed by atoms with van der Waals surface area (Å²) in [6.07, 6.45) is 0. The van der Waals surface area contributed by atoms with Crippen LogP contribution in [0, 0.1) is 0 Å². The van der Waals surface area contributed by atoms with Gasteiger partial charge in [-0.2, -0.15) is 0 Å². The predicted octanol–water partition coefficient (Wildman–Crippen LogP) is 4.17. The van der Waals surface area contributed by atoms with E-state index in [0.717, 1.165) is 29.8 Å². The number of benzene rings is 1. The van der Waals surface area contributed by atoms with E-state index < -0.39 is 0 Å². The predicted molar refractivity (Wildman–Crippen MR) is 83.9 cm³/mol. The Morgan fingerprint density at radius 3 is 2.17 bits per heavy atom. The monoisotopic (exact) mass is 312 g/mol. The fraction of sp³-hybridized carbons (Fsp3) is 0.600. The Kier molecular flexibility index (Phi) is 5.23. The molecule has 0 aliphatic carbocycles. The Labute approximate surface area is 120 Å². The number of rotatable bonds is 4. The van der Waals surface area contributed by atoms with Crippen LogP contribution < -0.4 is 5.73 Å². The van der Waals surface area contributed by atoms with Crippen LogP contribution in [0.25, 0.3) is 0 Å². The molecule has 18 heavy (non-hydrogen) atoms. The van der Waals surface area contributed by atoms with Crippen molar-refractivity contribution in [1.29, 1.82) is 0 Å². The van der Waals surface area contributed by atoms with Gasteiger partial charge in [-0.25, -0.2) is 0 Å². The van der Waals surface area contributed by atoms with Crippen LogP contribution in [0.15, 0.2) is 16.6 Å². The Morgan fingerprint density at radius 2 is 1.72 bits per heavy atom. The lowest BCUT2D eigenvalue weighted by atomic mass is 9.86. The maximum Gasteiger partial charge on any atom is 0.0363 e. The first-order valence-electron chi connectivity index (χ1n) is 6.60. The second-order valence-electron chi connectivity index (χ2n) is 5.74. The Morgan fingerprint density at radius 1 is 1.17 bits per heavy atom. The number of hydrogen-bond acceptors (Lipinski definition) is 2. The van der Waals surface area contributed by atoms with Crippen molar-refractivity contribution in [3.05, 3.63) is 27.7 Å². The van der Waals surface area contributed by atoms with E-state index >= 15 is 0 Å². The summed E-state index contributed by atoms with van der Waals surface area (Å²) in [5, 5.41) is 0. The molecule has 0 spiro atoms. The van der Waals surface area contributed by atoms with Crippen LogP contribution in [0.3, 0.4) is 0 Å². The molecule has 0 bridgehead atoms. The van der Waals surface area contributed by atoms with Gasteiger partial charge in [0, 0.05) is 16.7 Å². The van der Waals surface area contributed by atoms with Crippen molar-refractivity contribution < 1.29 is 0 Å². The van der Waals surface area contributed by atoms with Gasteiger partial charge in [-0.15, -0.1) is 0 Å². The van der Waals surface area contributed by atoms with Gasteiger partial charge in [0.2, 0.25) is 0 Å². The third kappa shape index (κ3) is 3.72. The highest BCUT2D eigenvalue weighted by molar-refractivity contribution is 9.10. The fourth-order valence-corrected chi connectivity index (χ4v) is 3.02. The fourth-order valence-electron chi connectivity index (χ4n) is 2.03. The molecule has 3 heteroatoms. The minimum Gasteiger partial charge on any atom is -0.398 e. The third-order valence-corrected chi connectivity index (χ3v) is 3.98. The minimum absolute atomic E-state index is 0.112. The number of halogens is 1. The summed E-state index contributed by atoms with van der Waals surface area (Å²) in [6.45, 7) is 14.0. The first kappa shape index (κ1) is 15.5. The van der Waals surface area contributed by atoms with E-state index in [1.807, 2.05) is 0 Å². The Hall–Kier alpha value is -0.540. The van der Waals surface area contributed by atoms with E-state index in [-0.39, 0.29) is 5.41 Å². The lowest BCUT2D eigenvalue weighted by Gasteiger charge is -2.24. The van der Waals surface area contributed by atoms with E-state index in [4.69, 9.17) is 5.73 Å². The van der Waals surface area contributed by atoms with Gasteiger partial charge in [0.1, 0.15) is 0 Å². The largest absolute Gasteiger partial charge is 0.398 e. The summed E-state index contributed by atoms with van der Waals surface area (Å²) in [5.74, 6) is 0. The Balaban J connectivity index is 3.07. The lowest BCUT2D eigenvalue weighted by molar-refractivity contribution is 0.296. The van der Waals surface area contributed by atoms with Crippen molar-refractivity contribution in [1.82, 2.24) is 4.90 Å². The first-order chi connectivity index (χ1) is 8.29. The van der Waals surface area contributed by atoms with Crippen LogP contribution in [0.2, 0.25) is 0 Å². The van der Waals surface area contributed by atoms with Gasteiger partial charge in [-0.05, 0) is 41.8 Å². The smallest absolute Gasteiger partial charge is 0.0363 e. The summed E-state index contributed by atoms with van der Waals surface area (Å²) in [7, 11) is 0. The van der Waals surface area contributed by atoms with Gasteiger partial charge in [0.05, 0.1) is 0 Å². The SMILES string of the molecule is CCN(CC)Cc1cc(Br)c(C(C)(C)C)cc1N. The van der Waals surface area contributed by atoms with Crippen molar-refractivity contribution in [3.63, 3.8) is 0 Å². The van der Waals surface area contributed by atoms with E-state index in [1.54, 1.807) is 0 Å². The van der Waals surface area contributed by atoms with E-state index in [2.05, 4.69) is 67.6 Å².